The second-order valence-electron chi connectivity index (χ2n) is 4.01. The lowest BCUT2D eigenvalue weighted by Gasteiger charge is -2.23. The summed E-state index contributed by atoms with van der Waals surface area (Å²) >= 11 is 8.26. The van der Waals surface area contributed by atoms with E-state index < -0.39 is 0 Å². The average molecular weight is 410 g/mol. The highest BCUT2D eigenvalue weighted by atomic mass is 127. The van der Waals surface area contributed by atoms with Gasteiger partial charge in [0.1, 0.15) is 0 Å². The summed E-state index contributed by atoms with van der Waals surface area (Å²) in [6, 6.07) is 7.50. The zero-order valence-corrected chi connectivity index (χ0v) is 14.0. The fourth-order valence-electron chi connectivity index (χ4n) is 2.06. The van der Waals surface area contributed by atoms with Crippen LogP contribution in [-0.4, -0.2) is 23.4 Å². The molecule has 1 aromatic carbocycles. The Bertz CT molecular complexity index is 509. The number of carbonyl (C=O) groups is 1. The third-order valence-electron chi connectivity index (χ3n) is 2.84. The molecule has 0 aliphatic carbocycles. The predicted molar refractivity (Wildman–Crippen MR) is 87.2 cm³/mol. The molecule has 1 aliphatic rings. The lowest BCUT2D eigenvalue weighted by Crippen LogP contribution is -2.21. The van der Waals surface area contributed by atoms with Gasteiger partial charge < -0.3 is 4.74 Å². The Kier molecular flexibility index (Phi) is 5.56. The SMILES string of the molecule is CCOC(=O)C1=CCN(SI)C1c1cccc(Cl)c1. The number of benzene rings is 1. The third-order valence-corrected chi connectivity index (χ3v) is 5.13. The normalized spacial score (nSPS) is 19.3. The van der Waals surface area contributed by atoms with E-state index in [1.54, 1.807) is 9.12 Å². The van der Waals surface area contributed by atoms with Gasteiger partial charge in [0.25, 0.3) is 0 Å². The number of carbonyl (C=O) groups excluding carboxylic acids is 1. The monoisotopic (exact) mass is 409 g/mol. The van der Waals surface area contributed by atoms with Crippen LogP contribution in [0.4, 0.5) is 0 Å². The van der Waals surface area contributed by atoms with Gasteiger partial charge in [0.2, 0.25) is 0 Å². The van der Waals surface area contributed by atoms with Gasteiger partial charge in [-0.2, -0.15) is 0 Å². The summed E-state index contributed by atoms with van der Waals surface area (Å²) in [5.74, 6) is -0.250. The van der Waals surface area contributed by atoms with E-state index in [2.05, 4.69) is 25.5 Å². The molecule has 0 fully saturated rings. The topological polar surface area (TPSA) is 29.5 Å². The van der Waals surface area contributed by atoms with E-state index in [0.29, 0.717) is 17.2 Å². The summed E-state index contributed by atoms with van der Waals surface area (Å²) in [5.41, 5.74) is 1.70. The Morgan fingerprint density at radius 1 is 1.63 bits per heavy atom. The van der Waals surface area contributed by atoms with E-state index in [1.807, 2.05) is 37.3 Å². The van der Waals surface area contributed by atoms with Crippen LogP contribution >= 0.6 is 41.9 Å². The molecule has 0 saturated carbocycles. The first-order valence-electron chi connectivity index (χ1n) is 5.85. The van der Waals surface area contributed by atoms with Crippen molar-refractivity contribution in [2.24, 2.45) is 0 Å². The summed E-state index contributed by atoms with van der Waals surface area (Å²) < 4.78 is 7.25. The largest absolute Gasteiger partial charge is 0.463 e. The van der Waals surface area contributed by atoms with E-state index in [9.17, 15) is 4.79 Å². The number of rotatable bonds is 4. The number of esters is 1. The highest BCUT2D eigenvalue weighted by Crippen LogP contribution is 2.41. The van der Waals surface area contributed by atoms with Crippen molar-refractivity contribution >= 4 is 47.9 Å². The number of hydrogen-bond donors (Lipinski definition) is 0. The van der Waals surface area contributed by atoms with Crippen LogP contribution in [0.25, 0.3) is 0 Å². The van der Waals surface area contributed by atoms with E-state index in [4.69, 9.17) is 16.3 Å². The first kappa shape index (κ1) is 15.2. The standard InChI is InChI=1S/C13H13ClINO2S/c1-2-18-13(17)11-6-7-16(19-15)12(11)9-4-3-5-10(14)8-9/h3-6,8,12H,2,7H2,1H3. The lowest BCUT2D eigenvalue weighted by atomic mass is 10.0. The fourth-order valence-corrected chi connectivity index (χ4v) is 3.87. The van der Waals surface area contributed by atoms with Crippen LogP contribution in [0, 0.1) is 0 Å². The molecule has 3 nitrogen and oxygen atoms in total. The summed E-state index contributed by atoms with van der Waals surface area (Å²) in [4.78, 5) is 12.0. The van der Waals surface area contributed by atoms with Crippen molar-refractivity contribution in [1.29, 1.82) is 0 Å². The number of ether oxygens (including phenoxy) is 1. The molecule has 1 aromatic rings. The van der Waals surface area contributed by atoms with Gasteiger partial charge in [-0.1, -0.05) is 29.8 Å². The van der Waals surface area contributed by atoms with Crippen LogP contribution in [-0.2, 0) is 9.53 Å². The Morgan fingerprint density at radius 3 is 3.05 bits per heavy atom. The minimum atomic E-state index is -0.250. The molecule has 0 amide bonds. The Balaban J connectivity index is 2.32. The smallest absolute Gasteiger partial charge is 0.335 e. The van der Waals surface area contributed by atoms with Crippen LogP contribution in [0.5, 0.6) is 0 Å². The summed E-state index contributed by atoms with van der Waals surface area (Å²) in [5, 5.41) is 0.672. The third kappa shape index (κ3) is 3.45. The Morgan fingerprint density at radius 2 is 2.42 bits per heavy atom. The molecular weight excluding hydrogens is 397 g/mol. The van der Waals surface area contributed by atoms with E-state index in [-0.39, 0.29) is 12.0 Å². The molecule has 2 rings (SSSR count). The molecule has 1 atom stereocenters. The van der Waals surface area contributed by atoms with Gasteiger partial charge in [-0.05, 0) is 33.7 Å². The first-order chi connectivity index (χ1) is 9.17. The van der Waals surface area contributed by atoms with Crippen molar-refractivity contribution in [2.75, 3.05) is 13.2 Å². The van der Waals surface area contributed by atoms with Gasteiger partial charge in [0, 0.05) is 32.8 Å². The van der Waals surface area contributed by atoms with Gasteiger partial charge in [-0.3, -0.25) is 0 Å². The van der Waals surface area contributed by atoms with Crippen molar-refractivity contribution in [3.05, 3.63) is 46.5 Å². The molecule has 0 spiro atoms. The predicted octanol–water partition coefficient (Wildman–Crippen LogP) is 4.18. The molecular formula is C13H13ClINO2S. The molecule has 0 radical (unpaired) electrons. The summed E-state index contributed by atoms with van der Waals surface area (Å²) in [7, 11) is 1.58. The van der Waals surface area contributed by atoms with Crippen molar-refractivity contribution in [3.8, 4) is 0 Å². The molecule has 102 valence electrons. The number of nitrogens with zero attached hydrogens (tertiary/aromatic N) is 1. The molecule has 0 bridgehead atoms. The Hall–Kier alpha value is -0.240. The van der Waals surface area contributed by atoms with E-state index in [0.717, 1.165) is 12.1 Å². The van der Waals surface area contributed by atoms with Crippen molar-refractivity contribution in [2.45, 2.75) is 13.0 Å². The van der Waals surface area contributed by atoms with Gasteiger partial charge in [-0.15, -0.1) is 0 Å². The Labute approximate surface area is 134 Å². The quantitative estimate of drug-likeness (QED) is 0.424. The highest BCUT2D eigenvalue weighted by Gasteiger charge is 2.33. The molecule has 0 aromatic heterocycles. The first-order valence-corrected chi connectivity index (χ1v) is 9.54. The second kappa shape index (κ2) is 6.97. The zero-order valence-electron chi connectivity index (χ0n) is 10.3. The summed E-state index contributed by atoms with van der Waals surface area (Å²) in [6.07, 6.45) is 1.93. The molecule has 1 unspecified atom stereocenters. The molecule has 19 heavy (non-hydrogen) atoms. The second-order valence-corrected chi connectivity index (χ2v) is 6.23. The maximum absolute atomic E-state index is 12.0. The van der Waals surface area contributed by atoms with Gasteiger partial charge in [0.05, 0.1) is 18.2 Å². The number of hydrogen-bond acceptors (Lipinski definition) is 4. The maximum atomic E-state index is 12.0. The van der Waals surface area contributed by atoms with E-state index in [1.165, 1.54) is 0 Å². The zero-order chi connectivity index (χ0) is 13.8. The molecule has 1 heterocycles. The van der Waals surface area contributed by atoms with Crippen molar-refractivity contribution in [1.82, 2.24) is 4.31 Å². The maximum Gasteiger partial charge on any atom is 0.335 e. The summed E-state index contributed by atoms with van der Waals surface area (Å²) in [6.45, 7) is 2.92. The van der Waals surface area contributed by atoms with Crippen LogP contribution in [0.1, 0.15) is 18.5 Å². The van der Waals surface area contributed by atoms with Crippen LogP contribution in [0.3, 0.4) is 0 Å². The highest BCUT2D eigenvalue weighted by molar-refractivity contribution is 14.2. The molecule has 1 aliphatic heterocycles. The van der Waals surface area contributed by atoms with Crippen LogP contribution in [0.15, 0.2) is 35.9 Å². The number of halogens is 2. The van der Waals surface area contributed by atoms with E-state index >= 15 is 0 Å². The van der Waals surface area contributed by atoms with Gasteiger partial charge in [0.15, 0.2) is 0 Å². The van der Waals surface area contributed by atoms with Crippen LogP contribution < -0.4 is 0 Å². The van der Waals surface area contributed by atoms with Crippen molar-refractivity contribution in [3.63, 3.8) is 0 Å². The minimum Gasteiger partial charge on any atom is -0.463 e. The van der Waals surface area contributed by atoms with Gasteiger partial charge in [-0.25, -0.2) is 9.10 Å². The molecule has 0 N–H and O–H groups in total. The van der Waals surface area contributed by atoms with Gasteiger partial charge >= 0.3 is 5.97 Å². The fraction of sp³-hybridized carbons (Fsp3) is 0.308. The minimum absolute atomic E-state index is 0.0975. The van der Waals surface area contributed by atoms with Crippen molar-refractivity contribution < 1.29 is 9.53 Å². The lowest BCUT2D eigenvalue weighted by molar-refractivity contribution is -0.138. The van der Waals surface area contributed by atoms with Crippen LogP contribution in [0.2, 0.25) is 5.02 Å². The molecule has 6 heteroatoms. The molecule has 0 saturated heterocycles. The average Bonchev–Trinajstić information content (AvgIpc) is 2.82.